The van der Waals surface area contributed by atoms with Crippen LogP contribution < -0.4 is 5.32 Å². The number of carbonyl (C=O) groups is 1. The molecule has 1 N–H and O–H groups in total. The van der Waals surface area contributed by atoms with Crippen LogP contribution in [0.25, 0.3) is 0 Å². The predicted octanol–water partition coefficient (Wildman–Crippen LogP) is 3.08. The van der Waals surface area contributed by atoms with E-state index in [-0.39, 0.29) is 11.9 Å². The predicted molar refractivity (Wildman–Crippen MR) is 87.5 cm³/mol. The van der Waals surface area contributed by atoms with E-state index in [4.69, 9.17) is 0 Å². The van der Waals surface area contributed by atoms with Gasteiger partial charge in [0.05, 0.1) is 0 Å². The van der Waals surface area contributed by atoms with Gasteiger partial charge in [0, 0.05) is 22.6 Å². The lowest BCUT2D eigenvalue weighted by molar-refractivity contribution is -0.121. The molecule has 1 amide bonds. The summed E-state index contributed by atoms with van der Waals surface area (Å²) in [6.45, 7) is 3.78. The zero-order chi connectivity index (χ0) is 15.2. The van der Waals surface area contributed by atoms with Gasteiger partial charge in [0.1, 0.15) is 5.25 Å². The molecular weight excluding hydrogens is 282 g/mol. The minimum absolute atomic E-state index is 0.0613. The number of amides is 1. The Morgan fingerprint density at radius 3 is 2.62 bits per heavy atom. The van der Waals surface area contributed by atoms with E-state index >= 15 is 0 Å². The van der Waals surface area contributed by atoms with Crippen molar-refractivity contribution in [1.82, 2.24) is 5.32 Å². The van der Waals surface area contributed by atoms with Gasteiger partial charge in [-0.1, -0.05) is 43.5 Å². The van der Waals surface area contributed by atoms with E-state index in [0.29, 0.717) is 5.75 Å². The Morgan fingerprint density at radius 1 is 1.29 bits per heavy atom. The molecule has 2 atom stereocenters. The number of carbonyl (C=O) groups excluding carboxylic acids is 1. The summed E-state index contributed by atoms with van der Waals surface area (Å²) in [6, 6.07) is 8.20. The van der Waals surface area contributed by atoms with Gasteiger partial charge in [-0.3, -0.25) is 9.00 Å². The van der Waals surface area contributed by atoms with Crippen LogP contribution in [0, 0.1) is 6.92 Å². The van der Waals surface area contributed by atoms with Crippen LogP contribution in [0.3, 0.4) is 0 Å². The highest BCUT2D eigenvalue weighted by molar-refractivity contribution is 7.85. The molecule has 1 aliphatic rings. The molecule has 21 heavy (non-hydrogen) atoms. The fraction of sp³-hybridized carbons (Fsp3) is 0.588. The molecule has 1 saturated carbocycles. The lowest BCUT2D eigenvalue weighted by Gasteiger charge is -2.24. The molecule has 0 aliphatic heterocycles. The summed E-state index contributed by atoms with van der Waals surface area (Å²) in [7, 11) is -1.17. The van der Waals surface area contributed by atoms with Crippen LogP contribution in [-0.2, 0) is 21.3 Å². The summed E-state index contributed by atoms with van der Waals surface area (Å²) in [5, 5.41) is 2.62. The SMILES string of the molecule is Cc1ccccc1CS(=O)C(C)C(=O)NC1CCCCC1. The molecule has 1 aromatic rings. The molecule has 1 fully saturated rings. The fourth-order valence-corrected chi connectivity index (χ4v) is 3.92. The van der Waals surface area contributed by atoms with Crippen molar-refractivity contribution in [2.24, 2.45) is 0 Å². The van der Waals surface area contributed by atoms with Crippen LogP contribution in [0.2, 0.25) is 0 Å². The molecule has 4 heteroatoms. The number of rotatable bonds is 5. The van der Waals surface area contributed by atoms with Crippen molar-refractivity contribution >= 4 is 16.7 Å². The van der Waals surface area contributed by atoms with E-state index in [1.165, 1.54) is 19.3 Å². The van der Waals surface area contributed by atoms with Gasteiger partial charge in [-0.25, -0.2) is 0 Å². The van der Waals surface area contributed by atoms with Crippen LogP contribution in [0.15, 0.2) is 24.3 Å². The minimum atomic E-state index is -1.17. The first-order valence-electron chi connectivity index (χ1n) is 7.80. The third-order valence-corrected chi connectivity index (χ3v) is 5.87. The average Bonchev–Trinajstić information content (AvgIpc) is 2.49. The first-order chi connectivity index (χ1) is 10.1. The monoisotopic (exact) mass is 307 g/mol. The van der Waals surface area contributed by atoms with Gasteiger partial charge in [-0.15, -0.1) is 0 Å². The molecule has 0 radical (unpaired) electrons. The number of benzene rings is 1. The molecule has 2 rings (SSSR count). The van der Waals surface area contributed by atoms with Gasteiger partial charge in [0.25, 0.3) is 0 Å². The molecule has 116 valence electrons. The van der Waals surface area contributed by atoms with Gasteiger partial charge in [0.2, 0.25) is 5.91 Å². The minimum Gasteiger partial charge on any atom is -0.352 e. The second-order valence-corrected chi connectivity index (χ2v) is 7.69. The Morgan fingerprint density at radius 2 is 1.95 bits per heavy atom. The van der Waals surface area contributed by atoms with Gasteiger partial charge < -0.3 is 5.32 Å². The average molecular weight is 307 g/mol. The molecule has 0 bridgehead atoms. The van der Waals surface area contributed by atoms with Crippen molar-refractivity contribution in [2.75, 3.05) is 0 Å². The zero-order valence-electron chi connectivity index (χ0n) is 12.9. The maximum Gasteiger partial charge on any atom is 0.235 e. The Kier molecular flexibility index (Phi) is 5.97. The van der Waals surface area contributed by atoms with Crippen LogP contribution in [0.5, 0.6) is 0 Å². The smallest absolute Gasteiger partial charge is 0.235 e. The number of hydrogen-bond acceptors (Lipinski definition) is 2. The molecular formula is C17H25NO2S. The maximum absolute atomic E-state index is 12.4. The maximum atomic E-state index is 12.4. The standard InChI is InChI=1S/C17H25NO2S/c1-13-8-6-7-9-15(13)12-21(20)14(2)17(19)18-16-10-4-3-5-11-16/h6-9,14,16H,3-5,10-12H2,1-2H3,(H,18,19). The third kappa shape index (κ3) is 4.67. The molecule has 2 unspecified atom stereocenters. The molecule has 0 spiro atoms. The van der Waals surface area contributed by atoms with E-state index < -0.39 is 16.0 Å². The Balaban J connectivity index is 1.89. The van der Waals surface area contributed by atoms with Gasteiger partial charge in [-0.2, -0.15) is 0 Å². The number of hydrogen-bond donors (Lipinski definition) is 1. The second kappa shape index (κ2) is 7.74. The number of nitrogens with one attached hydrogen (secondary N) is 1. The molecule has 0 heterocycles. The molecule has 0 saturated heterocycles. The summed E-state index contributed by atoms with van der Waals surface area (Å²) in [5.74, 6) is 0.389. The zero-order valence-corrected chi connectivity index (χ0v) is 13.7. The van der Waals surface area contributed by atoms with Crippen molar-refractivity contribution in [1.29, 1.82) is 0 Å². The van der Waals surface area contributed by atoms with E-state index in [1.54, 1.807) is 6.92 Å². The third-order valence-electron chi connectivity index (χ3n) is 4.27. The summed E-state index contributed by atoms with van der Waals surface area (Å²) in [4.78, 5) is 12.2. The highest BCUT2D eigenvalue weighted by Crippen LogP contribution is 2.18. The lowest BCUT2D eigenvalue weighted by atomic mass is 9.95. The van der Waals surface area contributed by atoms with Crippen molar-refractivity contribution in [3.63, 3.8) is 0 Å². The summed E-state index contributed by atoms with van der Waals surface area (Å²) in [5.41, 5.74) is 2.19. The van der Waals surface area contributed by atoms with Crippen LogP contribution in [-0.4, -0.2) is 21.4 Å². The first kappa shape index (κ1) is 16.2. The van der Waals surface area contributed by atoms with Crippen LogP contribution in [0.1, 0.15) is 50.2 Å². The Labute approximate surface area is 130 Å². The van der Waals surface area contributed by atoms with Crippen LogP contribution in [0.4, 0.5) is 0 Å². The highest BCUT2D eigenvalue weighted by Gasteiger charge is 2.23. The fourth-order valence-electron chi connectivity index (χ4n) is 2.74. The van der Waals surface area contributed by atoms with Gasteiger partial charge in [-0.05, 0) is 37.8 Å². The summed E-state index contributed by atoms with van der Waals surface area (Å²) >= 11 is 0. The van der Waals surface area contributed by atoms with Gasteiger partial charge in [0.15, 0.2) is 0 Å². The summed E-state index contributed by atoms with van der Waals surface area (Å²) < 4.78 is 12.4. The van der Waals surface area contributed by atoms with Crippen LogP contribution >= 0.6 is 0 Å². The molecule has 0 aromatic heterocycles. The van der Waals surface area contributed by atoms with Gasteiger partial charge >= 0.3 is 0 Å². The lowest BCUT2D eigenvalue weighted by Crippen LogP contribution is -2.42. The van der Waals surface area contributed by atoms with Crippen molar-refractivity contribution in [2.45, 2.75) is 63.0 Å². The normalized spacial score (nSPS) is 19.0. The Hall–Kier alpha value is -1.16. The van der Waals surface area contributed by atoms with Crippen molar-refractivity contribution < 1.29 is 9.00 Å². The topological polar surface area (TPSA) is 46.2 Å². The Bertz CT molecular complexity index is 509. The molecule has 1 aromatic carbocycles. The van der Waals surface area contributed by atoms with E-state index in [1.807, 2.05) is 31.2 Å². The van der Waals surface area contributed by atoms with E-state index in [9.17, 15) is 9.00 Å². The largest absolute Gasteiger partial charge is 0.352 e. The van der Waals surface area contributed by atoms with Crippen molar-refractivity contribution in [3.8, 4) is 0 Å². The number of aryl methyl sites for hydroxylation is 1. The quantitative estimate of drug-likeness (QED) is 0.908. The second-order valence-electron chi connectivity index (χ2n) is 5.94. The van der Waals surface area contributed by atoms with E-state index in [0.717, 1.165) is 24.0 Å². The van der Waals surface area contributed by atoms with Crippen molar-refractivity contribution in [3.05, 3.63) is 35.4 Å². The molecule has 1 aliphatic carbocycles. The first-order valence-corrected chi connectivity index (χ1v) is 9.18. The van der Waals surface area contributed by atoms with E-state index in [2.05, 4.69) is 5.32 Å². The highest BCUT2D eigenvalue weighted by atomic mass is 32.2. The molecule has 3 nitrogen and oxygen atoms in total. The summed E-state index contributed by atoms with van der Waals surface area (Å²) in [6.07, 6.45) is 5.75.